The van der Waals surface area contributed by atoms with Gasteiger partial charge in [0.1, 0.15) is 5.75 Å². The fourth-order valence-electron chi connectivity index (χ4n) is 2.96. The summed E-state index contributed by atoms with van der Waals surface area (Å²) in [6.45, 7) is 0. The van der Waals surface area contributed by atoms with Crippen LogP contribution < -0.4 is 5.32 Å². The average Bonchev–Trinajstić information content (AvgIpc) is 3.23. The van der Waals surface area contributed by atoms with Gasteiger partial charge in [0.25, 0.3) is 5.69 Å². The number of nitro groups is 1. The van der Waals surface area contributed by atoms with Gasteiger partial charge in [0.15, 0.2) is 11.0 Å². The summed E-state index contributed by atoms with van der Waals surface area (Å²) in [6, 6.07) is 21.8. The number of aromatic nitrogens is 3. The first-order chi connectivity index (χ1) is 15.5. The number of anilines is 1. The molecule has 0 saturated carbocycles. The second kappa shape index (κ2) is 9.31. The number of phenolic OH excluding ortho intramolecular Hbond substituents is 1. The first-order valence-corrected chi connectivity index (χ1v) is 10.5. The Morgan fingerprint density at radius 1 is 1.00 bits per heavy atom. The molecule has 1 aromatic heterocycles. The molecule has 0 radical (unpaired) electrons. The van der Waals surface area contributed by atoms with Crippen LogP contribution in [0.5, 0.6) is 5.75 Å². The van der Waals surface area contributed by atoms with E-state index in [0.29, 0.717) is 16.7 Å². The highest BCUT2D eigenvalue weighted by atomic mass is 32.2. The number of benzene rings is 3. The lowest BCUT2D eigenvalue weighted by molar-refractivity contribution is -0.384. The van der Waals surface area contributed by atoms with Crippen molar-refractivity contribution in [1.29, 1.82) is 0 Å². The van der Waals surface area contributed by atoms with Crippen LogP contribution in [0.15, 0.2) is 84.0 Å². The minimum absolute atomic E-state index is 0.0462. The molecule has 4 rings (SSSR count). The number of aromatic hydroxyl groups is 1. The summed E-state index contributed by atoms with van der Waals surface area (Å²) < 4.78 is 1.84. The number of nitrogens with zero attached hydrogens (tertiary/aromatic N) is 4. The summed E-state index contributed by atoms with van der Waals surface area (Å²) in [5, 5.41) is 32.1. The summed E-state index contributed by atoms with van der Waals surface area (Å²) >= 11 is 1.22. The number of carbonyl (C=O) groups is 1. The quantitative estimate of drug-likeness (QED) is 0.246. The van der Waals surface area contributed by atoms with E-state index in [1.165, 1.54) is 36.0 Å². The summed E-state index contributed by atoms with van der Waals surface area (Å²) in [5.41, 5.74) is 2.02. The molecule has 0 saturated heterocycles. The molecular weight excluding hydrogens is 430 g/mol. The molecule has 1 heterocycles. The molecule has 9 nitrogen and oxygen atoms in total. The number of phenols is 1. The van der Waals surface area contributed by atoms with Crippen molar-refractivity contribution in [2.24, 2.45) is 0 Å². The normalized spacial score (nSPS) is 10.6. The molecule has 1 amide bonds. The predicted octanol–water partition coefficient (Wildman–Crippen LogP) is 4.28. The second-order valence-corrected chi connectivity index (χ2v) is 7.61. The number of hydrogen-bond acceptors (Lipinski definition) is 7. The highest BCUT2D eigenvalue weighted by molar-refractivity contribution is 7.99. The Bertz CT molecular complexity index is 1240. The highest BCUT2D eigenvalue weighted by Crippen LogP contribution is 2.29. The Morgan fingerprint density at radius 3 is 2.34 bits per heavy atom. The van der Waals surface area contributed by atoms with Crippen molar-refractivity contribution in [3.63, 3.8) is 0 Å². The van der Waals surface area contributed by atoms with E-state index in [-0.39, 0.29) is 23.1 Å². The zero-order valence-corrected chi connectivity index (χ0v) is 17.4. The number of amides is 1. The Hall–Kier alpha value is -4.18. The van der Waals surface area contributed by atoms with Gasteiger partial charge in [0, 0.05) is 29.1 Å². The molecule has 160 valence electrons. The maximum absolute atomic E-state index is 12.4. The van der Waals surface area contributed by atoms with Gasteiger partial charge >= 0.3 is 0 Å². The Labute approximate surface area is 186 Å². The van der Waals surface area contributed by atoms with Crippen LogP contribution in [0, 0.1) is 10.1 Å². The zero-order chi connectivity index (χ0) is 22.5. The maximum Gasteiger partial charge on any atom is 0.269 e. The number of hydrogen-bond donors (Lipinski definition) is 2. The summed E-state index contributed by atoms with van der Waals surface area (Å²) in [7, 11) is 0. The molecule has 0 atom stereocenters. The molecular formula is C22H17N5O4S. The lowest BCUT2D eigenvalue weighted by Gasteiger charge is -2.10. The number of nitrogens with one attached hydrogen (secondary N) is 1. The molecule has 3 aromatic carbocycles. The van der Waals surface area contributed by atoms with Crippen LogP contribution in [-0.2, 0) is 4.79 Å². The summed E-state index contributed by atoms with van der Waals surface area (Å²) in [4.78, 5) is 22.7. The molecule has 0 bridgehead atoms. The smallest absolute Gasteiger partial charge is 0.269 e. The van der Waals surface area contributed by atoms with Gasteiger partial charge in [-0.1, -0.05) is 30.0 Å². The topological polar surface area (TPSA) is 123 Å². The van der Waals surface area contributed by atoms with Gasteiger partial charge in [0.05, 0.1) is 10.7 Å². The van der Waals surface area contributed by atoms with E-state index in [9.17, 15) is 20.0 Å². The molecule has 0 spiro atoms. The molecule has 0 aliphatic carbocycles. The van der Waals surface area contributed by atoms with Crippen molar-refractivity contribution in [2.75, 3.05) is 11.1 Å². The van der Waals surface area contributed by atoms with E-state index < -0.39 is 4.92 Å². The lowest BCUT2D eigenvalue weighted by Crippen LogP contribution is -2.14. The molecule has 32 heavy (non-hydrogen) atoms. The van der Waals surface area contributed by atoms with Crippen molar-refractivity contribution < 1.29 is 14.8 Å². The Morgan fingerprint density at radius 2 is 1.69 bits per heavy atom. The SMILES string of the molecule is O=C(CSc1nnc(-c2ccc(O)cc2)n1-c1ccccc1)Nc1ccc([N+](=O)[O-])cc1. The second-order valence-electron chi connectivity index (χ2n) is 6.66. The number of nitro benzene ring substituents is 1. The van der Waals surface area contributed by atoms with Crippen LogP contribution >= 0.6 is 11.8 Å². The monoisotopic (exact) mass is 447 g/mol. The van der Waals surface area contributed by atoms with Crippen LogP contribution in [0.25, 0.3) is 17.1 Å². The molecule has 2 N–H and O–H groups in total. The first kappa shape index (κ1) is 21.1. The third-order valence-electron chi connectivity index (χ3n) is 4.47. The van der Waals surface area contributed by atoms with E-state index in [1.54, 1.807) is 24.3 Å². The van der Waals surface area contributed by atoms with Crippen molar-refractivity contribution in [2.45, 2.75) is 5.16 Å². The first-order valence-electron chi connectivity index (χ1n) is 9.48. The van der Waals surface area contributed by atoms with Crippen LogP contribution in [-0.4, -0.2) is 36.5 Å². The molecule has 0 aliphatic rings. The van der Waals surface area contributed by atoms with Gasteiger partial charge in [-0.15, -0.1) is 10.2 Å². The lowest BCUT2D eigenvalue weighted by atomic mass is 10.2. The van der Waals surface area contributed by atoms with E-state index in [4.69, 9.17) is 0 Å². The van der Waals surface area contributed by atoms with Crippen molar-refractivity contribution in [3.8, 4) is 22.8 Å². The molecule has 0 aliphatic heterocycles. The molecule has 0 unspecified atom stereocenters. The number of carbonyl (C=O) groups excluding carboxylic acids is 1. The fourth-order valence-corrected chi connectivity index (χ4v) is 3.72. The molecule has 10 heteroatoms. The Balaban J connectivity index is 1.53. The standard InChI is InChI=1S/C22H17N5O4S/c28-19-12-6-15(7-13-19)21-24-25-22(26(21)17-4-2-1-3-5-17)32-14-20(29)23-16-8-10-18(11-9-16)27(30)31/h1-13,28H,14H2,(H,23,29). The van der Waals surface area contributed by atoms with E-state index >= 15 is 0 Å². The van der Waals surface area contributed by atoms with Gasteiger partial charge in [-0.3, -0.25) is 19.5 Å². The van der Waals surface area contributed by atoms with Crippen LogP contribution in [0.4, 0.5) is 11.4 Å². The number of rotatable bonds is 7. The van der Waals surface area contributed by atoms with Crippen LogP contribution in [0.2, 0.25) is 0 Å². The number of para-hydroxylation sites is 1. The van der Waals surface area contributed by atoms with Gasteiger partial charge < -0.3 is 10.4 Å². The van der Waals surface area contributed by atoms with E-state index in [1.807, 2.05) is 34.9 Å². The zero-order valence-electron chi connectivity index (χ0n) is 16.6. The largest absolute Gasteiger partial charge is 0.508 e. The molecule has 4 aromatic rings. The summed E-state index contributed by atoms with van der Waals surface area (Å²) in [5.74, 6) is 0.515. The van der Waals surface area contributed by atoms with E-state index in [0.717, 1.165) is 11.3 Å². The van der Waals surface area contributed by atoms with Crippen molar-refractivity contribution >= 4 is 29.0 Å². The van der Waals surface area contributed by atoms with Crippen molar-refractivity contribution in [1.82, 2.24) is 14.8 Å². The fraction of sp³-hybridized carbons (Fsp3) is 0.0455. The van der Waals surface area contributed by atoms with Gasteiger partial charge in [-0.25, -0.2) is 0 Å². The van der Waals surface area contributed by atoms with Crippen LogP contribution in [0.3, 0.4) is 0 Å². The third-order valence-corrected chi connectivity index (χ3v) is 5.40. The van der Waals surface area contributed by atoms with Gasteiger partial charge in [0.2, 0.25) is 5.91 Å². The number of thioether (sulfide) groups is 1. The third kappa shape index (κ3) is 4.76. The Kier molecular flexibility index (Phi) is 6.13. The molecule has 0 fully saturated rings. The van der Waals surface area contributed by atoms with Gasteiger partial charge in [-0.2, -0.15) is 0 Å². The highest BCUT2D eigenvalue weighted by Gasteiger charge is 2.17. The minimum atomic E-state index is -0.496. The average molecular weight is 447 g/mol. The van der Waals surface area contributed by atoms with E-state index in [2.05, 4.69) is 15.5 Å². The van der Waals surface area contributed by atoms with Crippen molar-refractivity contribution in [3.05, 3.63) is 89.0 Å². The predicted molar refractivity (Wildman–Crippen MR) is 121 cm³/mol. The maximum atomic E-state index is 12.4. The summed E-state index contributed by atoms with van der Waals surface area (Å²) in [6.07, 6.45) is 0. The minimum Gasteiger partial charge on any atom is -0.508 e. The van der Waals surface area contributed by atoms with Gasteiger partial charge in [-0.05, 0) is 48.5 Å². The van der Waals surface area contributed by atoms with Crippen LogP contribution in [0.1, 0.15) is 0 Å². The number of non-ortho nitro benzene ring substituents is 1.